The van der Waals surface area contributed by atoms with Gasteiger partial charge in [-0.2, -0.15) is 0 Å². The Morgan fingerprint density at radius 1 is 1.16 bits per heavy atom. The standard InChI is InChI=1S/C22H20ClFN4O4/c23-16-3-6-18(19(13-16)28(30)31)26-9-11-27(12-10-26)22(29)8-7-21-25-14-20(32-21)15-1-4-17(24)5-2-15/h1-6,13-14H,7-12H2. The molecule has 2 heterocycles. The van der Waals surface area contributed by atoms with Crippen LogP contribution in [0.4, 0.5) is 15.8 Å². The van der Waals surface area contributed by atoms with Crippen LogP contribution in [0.25, 0.3) is 11.3 Å². The lowest BCUT2D eigenvalue weighted by Gasteiger charge is -2.35. The van der Waals surface area contributed by atoms with Crippen molar-refractivity contribution in [2.75, 3.05) is 31.1 Å². The number of carbonyl (C=O) groups is 1. The first-order valence-electron chi connectivity index (χ1n) is 10.1. The second-order valence-electron chi connectivity index (χ2n) is 7.38. The summed E-state index contributed by atoms with van der Waals surface area (Å²) in [6, 6.07) is 10.5. The minimum Gasteiger partial charge on any atom is -0.441 e. The topological polar surface area (TPSA) is 92.7 Å². The number of halogens is 2. The van der Waals surface area contributed by atoms with Crippen LogP contribution in [0.1, 0.15) is 12.3 Å². The summed E-state index contributed by atoms with van der Waals surface area (Å²) in [5.41, 5.74) is 1.17. The highest BCUT2D eigenvalue weighted by Gasteiger charge is 2.26. The smallest absolute Gasteiger partial charge is 0.294 e. The van der Waals surface area contributed by atoms with E-state index in [1.165, 1.54) is 18.2 Å². The third-order valence-electron chi connectivity index (χ3n) is 5.34. The van der Waals surface area contributed by atoms with E-state index >= 15 is 0 Å². The van der Waals surface area contributed by atoms with Gasteiger partial charge in [0.1, 0.15) is 11.5 Å². The molecule has 1 aromatic heterocycles. The van der Waals surface area contributed by atoms with Crippen molar-refractivity contribution in [3.05, 3.63) is 75.5 Å². The van der Waals surface area contributed by atoms with Gasteiger partial charge in [0, 0.05) is 55.7 Å². The zero-order valence-electron chi connectivity index (χ0n) is 17.0. The lowest BCUT2D eigenvalue weighted by atomic mass is 10.2. The highest BCUT2D eigenvalue weighted by atomic mass is 35.5. The summed E-state index contributed by atoms with van der Waals surface area (Å²) in [5, 5.41) is 11.6. The molecule has 4 rings (SSSR count). The number of anilines is 1. The number of amides is 1. The molecular formula is C22H20ClFN4O4. The zero-order valence-corrected chi connectivity index (χ0v) is 17.8. The summed E-state index contributed by atoms with van der Waals surface area (Å²) in [6.07, 6.45) is 2.15. The highest BCUT2D eigenvalue weighted by molar-refractivity contribution is 6.30. The number of piperazine rings is 1. The molecular weight excluding hydrogens is 439 g/mol. The van der Waals surface area contributed by atoms with E-state index in [1.54, 1.807) is 35.4 Å². The van der Waals surface area contributed by atoms with Gasteiger partial charge in [-0.25, -0.2) is 9.37 Å². The van der Waals surface area contributed by atoms with E-state index in [0.717, 1.165) is 0 Å². The van der Waals surface area contributed by atoms with E-state index in [0.29, 0.717) is 60.5 Å². The number of nitro benzene ring substituents is 1. The van der Waals surface area contributed by atoms with Crippen LogP contribution in [0, 0.1) is 15.9 Å². The van der Waals surface area contributed by atoms with Crippen molar-refractivity contribution in [3.8, 4) is 11.3 Å². The van der Waals surface area contributed by atoms with Crippen LogP contribution in [0.15, 0.2) is 53.1 Å². The lowest BCUT2D eigenvalue weighted by Crippen LogP contribution is -2.49. The average Bonchev–Trinajstić information content (AvgIpc) is 3.27. The van der Waals surface area contributed by atoms with Crippen LogP contribution in [-0.4, -0.2) is 46.9 Å². The second kappa shape index (κ2) is 9.35. The van der Waals surface area contributed by atoms with Crippen LogP contribution >= 0.6 is 11.6 Å². The van der Waals surface area contributed by atoms with Crippen LogP contribution < -0.4 is 4.90 Å². The summed E-state index contributed by atoms with van der Waals surface area (Å²) in [6.45, 7) is 1.90. The average molecular weight is 459 g/mol. The predicted molar refractivity (Wildman–Crippen MR) is 117 cm³/mol. The molecule has 0 radical (unpaired) electrons. The molecule has 1 aliphatic heterocycles. The molecule has 0 spiro atoms. The van der Waals surface area contributed by atoms with Gasteiger partial charge in [0.15, 0.2) is 11.7 Å². The van der Waals surface area contributed by atoms with Crippen molar-refractivity contribution in [3.63, 3.8) is 0 Å². The quantitative estimate of drug-likeness (QED) is 0.403. The van der Waals surface area contributed by atoms with Crippen LogP contribution in [0.5, 0.6) is 0 Å². The molecule has 1 saturated heterocycles. The largest absolute Gasteiger partial charge is 0.441 e. The van der Waals surface area contributed by atoms with Gasteiger partial charge in [-0.05, 0) is 36.4 Å². The number of nitrogens with zero attached hydrogens (tertiary/aromatic N) is 4. The molecule has 0 atom stereocenters. The Balaban J connectivity index is 1.31. The van der Waals surface area contributed by atoms with E-state index in [2.05, 4.69) is 4.98 Å². The third-order valence-corrected chi connectivity index (χ3v) is 5.58. The summed E-state index contributed by atoms with van der Waals surface area (Å²) < 4.78 is 18.7. The second-order valence-corrected chi connectivity index (χ2v) is 7.82. The minimum atomic E-state index is -0.449. The molecule has 0 aliphatic carbocycles. The number of nitro groups is 1. The van der Waals surface area contributed by atoms with Crippen molar-refractivity contribution in [2.24, 2.45) is 0 Å². The summed E-state index contributed by atoms with van der Waals surface area (Å²) >= 11 is 5.89. The number of rotatable bonds is 6. The fourth-order valence-electron chi connectivity index (χ4n) is 3.65. The van der Waals surface area contributed by atoms with Crippen LogP contribution in [0.2, 0.25) is 5.02 Å². The zero-order chi connectivity index (χ0) is 22.7. The van der Waals surface area contributed by atoms with E-state index in [1.807, 2.05) is 4.90 Å². The molecule has 0 N–H and O–H groups in total. The van der Waals surface area contributed by atoms with Gasteiger partial charge in [0.05, 0.1) is 11.1 Å². The number of aromatic nitrogens is 1. The molecule has 166 valence electrons. The van der Waals surface area contributed by atoms with Crippen molar-refractivity contribution in [1.29, 1.82) is 0 Å². The molecule has 1 amide bonds. The Hall–Kier alpha value is -3.46. The van der Waals surface area contributed by atoms with E-state index in [4.69, 9.17) is 16.0 Å². The number of benzene rings is 2. The molecule has 3 aromatic rings. The fourth-order valence-corrected chi connectivity index (χ4v) is 3.82. The fraction of sp³-hybridized carbons (Fsp3) is 0.273. The maximum Gasteiger partial charge on any atom is 0.294 e. The number of hydrogen-bond acceptors (Lipinski definition) is 6. The van der Waals surface area contributed by atoms with Gasteiger partial charge in [-0.3, -0.25) is 14.9 Å². The van der Waals surface area contributed by atoms with Crippen molar-refractivity contribution in [1.82, 2.24) is 9.88 Å². The van der Waals surface area contributed by atoms with E-state index in [9.17, 15) is 19.3 Å². The first-order chi connectivity index (χ1) is 15.4. The molecule has 1 fully saturated rings. The maximum atomic E-state index is 13.1. The van der Waals surface area contributed by atoms with Gasteiger partial charge >= 0.3 is 0 Å². The molecule has 8 nitrogen and oxygen atoms in total. The third kappa shape index (κ3) is 4.88. The van der Waals surface area contributed by atoms with Gasteiger partial charge in [-0.1, -0.05) is 11.6 Å². The molecule has 2 aromatic carbocycles. The van der Waals surface area contributed by atoms with Crippen molar-refractivity contribution < 1.29 is 18.5 Å². The number of aryl methyl sites for hydroxylation is 1. The molecule has 10 heteroatoms. The normalized spacial score (nSPS) is 13.9. The minimum absolute atomic E-state index is 0.0308. The Bertz CT molecular complexity index is 1130. The Labute approximate surface area is 188 Å². The van der Waals surface area contributed by atoms with Gasteiger partial charge in [0.25, 0.3) is 5.69 Å². The molecule has 32 heavy (non-hydrogen) atoms. The van der Waals surface area contributed by atoms with Gasteiger partial charge in [-0.15, -0.1) is 0 Å². The summed E-state index contributed by atoms with van der Waals surface area (Å²) in [5.74, 6) is 0.598. The summed E-state index contributed by atoms with van der Waals surface area (Å²) in [7, 11) is 0. The number of hydrogen-bond donors (Lipinski definition) is 0. The van der Waals surface area contributed by atoms with Crippen LogP contribution in [-0.2, 0) is 11.2 Å². The molecule has 1 aliphatic rings. The predicted octanol–water partition coefficient (Wildman–Crippen LogP) is 4.32. The Morgan fingerprint density at radius 3 is 2.56 bits per heavy atom. The van der Waals surface area contributed by atoms with Crippen LogP contribution in [0.3, 0.4) is 0 Å². The first-order valence-corrected chi connectivity index (χ1v) is 10.5. The maximum absolute atomic E-state index is 13.1. The first kappa shape index (κ1) is 21.8. The SMILES string of the molecule is O=C(CCc1ncc(-c2ccc(F)cc2)o1)N1CCN(c2ccc(Cl)cc2[N+](=O)[O-])CC1. The summed E-state index contributed by atoms with van der Waals surface area (Å²) in [4.78, 5) is 31.3. The Kier molecular flexibility index (Phi) is 6.36. The van der Waals surface area contributed by atoms with Gasteiger partial charge in [0.2, 0.25) is 5.91 Å². The molecule has 0 saturated carbocycles. The number of oxazole rings is 1. The van der Waals surface area contributed by atoms with Crippen molar-refractivity contribution >= 4 is 28.9 Å². The molecule has 0 unspecified atom stereocenters. The monoisotopic (exact) mass is 458 g/mol. The highest BCUT2D eigenvalue weighted by Crippen LogP contribution is 2.31. The Morgan fingerprint density at radius 2 is 1.88 bits per heavy atom. The van der Waals surface area contributed by atoms with Gasteiger partial charge < -0.3 is 14.2 Å². The van der Waals surface area contributed by atoms with Crippen molar-refractivity contribution in [2.45, 2.75) is 12.8 Å². The lowest BCUT2D eigenvalue weighted by molar-refractivity contribution is -0.384. The van der Waals surface area contributed by atoms with E-state index < -0.39 is 4.92 Å². The van der Waals surface area contributed by atoms with E-state index in [-0.39, 0.29) is 23.8 Å². The molecule has 0 bridgehead atoms. The number of carbonyl (C=O) groups excluding carboxylic acids is 1.